The highest BCUT2D eigenvalue weighted by Crippen LogP contribution is 2.24. The van der Waals surface area contributed by atoms with Gasteiger partial charge in [0.05, 0.1) is 18.7 Å². The van der Waals surface area contributed by atoms with E-state index >= 15 is 0 Å². The number of methoxy groups -OCH3 is 1. The Hall–Kier alpha value is -2.40. The summed E-state index contributed by atoms with van der Waals surface area (Å²) in [4.78, 5) is 11.7. The molecule has 2 rings (SSSR count). The summed E-state index contributed by atoms with van der Waals surface area (Å²) >= 11 is 5.46. The van der Waals surface area contributed by atoms with E-state index in [2.05, 4.69) is 62.6 Å². The molecule has 0 saturated carbocycles. The van der Waals surface area contributed by atoms with Crippen LogP contribution in [0.15, 0.2) is 42.5 Å². The lowest BCUT2D eigenvalue weighted by Gasteiger charge is -2.22. The molecule has 0 radical (unpaired) electrons. The van der Waals surface area contributed by atoms with Crippen molar-refractivity contribution in [2.45, 2.75) is 46.1 Å². The molecule has 0 spiro atoms. The number of benzene rings is 2. The molecule has 0 heterocycles. The molecule has 0 aromatic heterocycles. The molecular formula is C22H28N2O2S. The zero-order valence-corrected chi connectivity index (χ0v) is 17.7. The van der Waals surface area contributed by atoms with E-state index < -0.39 is 0 Å². The van der Waals surface area contributed by atoms with E-state index in [1.165, 1.54) is 12.7 Å². The van der Waals surface area contributed by atoms with Gasteiger partial charge in [-0.05, 0) is 60.3 Å². The Morgan fingerprint density at radius 2 is 1.74 bits per heavy atom. The lowest BCUT2D eigenvalue weighted by molar-refractivity contribution is 0.0601. The molecule has 0 unspecified atom stereocenters. The number of ether oxygens (including phenoxy) is 1. The van der Waals surface area contributed by atoms with E-state index in [0.29, 0.717) is 10.7 Å². The Kier molecular flexibility index (Phi) is 6.60. The molecule has 0 aliphatic rings. The highest BCUT2D eigenvalue weighted by molar-refractivity contribution is 7.80. The van der Waals surface area contributed by atoms with Gasteiger partial charge in [-0.3, -0.25) is 0 Å². The third-order valence-corrected chi connectivity index (χ3v) is 4.75. The molecule has 4 nitrogen and oxygen atoms in total. The number of carbonyl (C=O) groups is 1. The quantitative estimate of drug-likeness (QED) is 0.565. The summed E-state index contributed by atoms with van der Waals surface area (Å²) in [5, 5.41) is 6.98. The van der Waals surface area contributed by atoms with Gasteiger partial charge in [-0.1, -0.05) is 51.1 Å². The molecule has 2 aromatic carbocycles. The predicted octanol–water partition coefficient (Wildman–Crippen LogP) is 5.13. The SMILES string of the molecule is COC(=O)c1ccc(C)c(NC(=S)N[C@H](C)c2ccc(C(C)(C)C)cc2)c1. The minimum atomic E-state index is -0.371. The minimum absolute atomic E-state index is 0.0584. The molecular weight excluding hydrogens is 356 g/mol. The van der Waals surface area contributed by atoms with Crippen molar-refractivity contribution in [3.05, 3.63) is 64.7 Å². The van der Waals surface area contributed by atoms with Crippen LogP contribution in [-0.4, -0.2) is 18.2 Å². The van der Waals surface area contributed by atoms with Gasteiger partial charge in [0.2, 0.25) is 0 Å². The van der Waals surface area contributed by atoms with E-state index in [1.54, 1.807) is 12.1 Å². The summed E-state index contributed by atoms with van der Waals surface area (Å²) in [7, 11) is 1.37. The van der Waals surface area contributed by atoms with Gasteiger partial charge >= 0.3 is 5.97 Å². The van der Waals surface area contributed by atoms with Crippen molar-refractivity contribution in [2.24, 2.45) is 0 Å². The maximum absolute atomic E-state index is 11.7. The van der Waals surface area contributed by atoms with Crippen molar-refractivity contribution < 1.29 is 9.53 Å². The zero-order chi connectivity index (χ0) is 20.2. The van der Waals surface area contributed by atoms with Gasteiger partial charge in [-0.2, -0.15) is 0 Å². The number of esters is 1. The van der Waals surface area contributed by atoms with Crippen LogP contribution in [-0.2, 0) is 10.2 Å². The summed E-state index contributed by atoms with van der Waals surface area (Å²) < 4.78 is 4.78. The maximum atomic E-state index is 11.7. The van der Waals surface area contributed by atoms with Gasteiger partial charge in [0.15, 0.2) is 5.11 Å². The Labute approximate surface area is 167 Å². The first-order valence-corrected chi connectivity index (χ1v) is 9.39. The second-order valence-electron chi connectivity index (χ2n) is 7.71. The molecule has 144 valence electrons. The van der Waals surface area contributed by atoms with Crippen molar-refractivity contribution in [3.63, 3.8) is 0 Å². The molecule has 5 heteroatoms. The van der Waals surface area contributed by atoms with Crippen LogP contribution in [0.1, 0.15) is 60.8 Å². The average Bonchev–Trinajstić information content (AvgIpc) is 2.62. The molecule has 2 N–H and O–H groups in total. The van der Waals surface area contributed by atoms with Crippen molar-refractivity contribution >= 4 is 29.0 Å². The van der Waals surface area contributed by atoms with Crippen LogP contribution >= 0.6 is 12.2 Å². The first-order chi connectivity index (χ1) is 12.6. The molecule has 1 atom stereocenters. The van der Waals surface area contributed by atoms with Crippen LogP contribution < -0.4 is 10.6 Å². The van der Waals surface area contributed by atoms with Gasteiger partial charge in [-0.15, -0.1) is 0 Å². The highest BCUT2D eigenvalue weighted by atomic mass is 32.1. The summed E-state index contributed by atoms with van der Waals surface area (Å²) in [5.74, 6) is -0.371. The molecule has 0 amide bonds. The van der Waals surface area contributed by atoms with E-state index in [4.69, 9.17) is 17.0 Å². The van der Waals surface area contributed by atoms with Gasteiger partial charge in [-0.25, -0.2) is 4.79 Å². The fraction of sp³-hybridized carbons (Fsp3) is 0.364. The number of hydrogen-bond donors (Lipinski definition) is 2. The highest BCUT2D eigenvalue weighted by Gasteiger charge is 2.15. The maximum Gasteiger partial charge on any atom is 0.337 e. The Bertz CT molecular complexity index is 823. The Balaban J connectivity index is 2.06. The van der Waals surface area contributed by atoms with Gasteiger partial charge in [0, 0.05) is 5.69 Å². The minimum Gasteiger partial charge on any atom is -0.465 e. The van der Waals surface area contributed by atoms with Crippen LogP contribution in [0.4, 0.5) is 5.69 Å². The van der Waals surface area contributed by atoms with Gasteiger partial charge < -0.3 is 15.4 Å². The Morgan fingerprint density at radius 1 is 1.11 bits per heavy atom. The number of thiocarbonyl (C=S) groups is 1. The second kappa shape index (κ2) is 8.53. The summed E-state index contributed by atoms with van der Waals surface area (Å²) in [6, 6.07) is 14.0. The second-order valence-corrected chi connectivity index (χ2v) is 8.12. The first kappa shape index (κ1) is 20.9. The molecule has 0 aliphatic carbocycles. The molecule has 0 bridgehead atoms. The van der Waals surface area contributed by atoms with E-state index in [0.717, 1.165) is 16.8 Å². The van der Waals surface area contributed by atoms with E-state index in [-0.39, 0.29) is 17.4 Å². The van der Waals surface area contributed by atoms with E-state index in [1.807, 2.05) is 13.0 Å². The summed E-state index contributed by atoms with van der Waals surface area (Å²) in [6.07, 6.45) is 0. The number of anilines is 1. The van der Waals surface area contributed by atoms with Crippen LogP contribution in [0, 0.1) is 6.92 Å². The van der Waals surface area contributed by atoms with E-state index in [9.17, 15) is 4.79 Å². The molecule has 27 heavy (non-hydrogen) atoms. The van der Waals surface area contributed by atoms with Crippen molar-refractivity contribution in [2.75, 3.05) is 12.4 Å². The predicted molar refractivity (Wildman–Crippen MR) is 115 cm³/mol. The van der Waals surface area contributed by atoms with Crippen molar-refractivity contribution in [1.82, 2.24) is 5.32 Å². The molecule has 0 saturated heterocycles. The number of aryl methyl sites for hydroxylation is 1. The Morgan fingerprint density at radius 3 is 2.30 bits per heavy atom. The van der Waals surface area contributed by atoms with Crippen LogP contribution in [0.2, 0.25) is 0 Å². The first-order valence-electron chi connectivity index (χ1n) is 8.98. The largest absolute Gasteiger partial charge is 0.465 e. The normalized spacial score (nSPS) is 12.2. The van der Waals surface area contributed by atoms with Crippen LogP contribution in [0.5, 0.6) is 0 Å². The smallest absolute Gasteiger partial charge is 0.337 e. The topological polar surface area (TPSA) is 50.4 Å². The standard InChI is InChI=1S/C22H28N2O2S/c1-14-7-8-17(20(25)26-6)13-19(14)24-21(27)23-15(2)16-9-11-18(12-10-16)22(3,4)5/h7-13,15H,1-6H3,(H2,23,24,27)/t15-/m1/s1. The summed E-state index contributed by atoms with van der Waals surface area (Å²) in [5.41, 5.74) is 4.86. The fourth-order valence-electron chi connectivity index (χ4n) is 2.71. The number of rotatable bonds is 4. The number of nitrogens with one attached hydrogen (secondary N) is 2. The van der Waals surface area contributed by atoms with Crippen LogP contribution in [0.3, 0.4) is 0 Å². The zero-order valence-electron chi connectivity index (χ0n) is 16.8. The molecule has 2 aromatic rings. The lowest BCUT2D eigenvalue weighted by Crippen LogP contribution is -2.31. The third kappa shape index (κ3) is 5.54. The fourth-order valence-corrected chi connectivity index (χ4v) is 3.00. The van der Waals surface area contributed by atoms with Crippen molar-refractivity contribution in [3.8, 4) is 0 Å². The lowest BCUT2D eigenvalue weighted by atomic mass is 9.86. The van der Waals surface area contributed by atoms with Gasteiger partial charge in [0.25, 0.3) is 0 Å². The van der Waals surface area contributed by atoms with Gasteiger partial charge in [0.1, 0.15) is 0 Å². The number of carbonyl (C=O) groups excluding carboxylic acids is 1. The van der Waals surface area contributed by atoms with Crippen molar-refractivity contribution in [1.29, 1.82) is 0 Å². The monoisotopic (exact) mass is 384 g/mol. The van der Waals surface area contributed by atoms with Crippen LogP contribution in [0.25, 0.3) is 0 Å². The summed E-state index contributed by atoms with van der Waals surface area (Å²) in [6.45, 7) is 10.6. The molecule has 0 fully saturated rings. The molecule has 0 aliphatic heterocycles. The number of hydrogen-bond acceptors (Lipinski definition) is 3. The third-order valence-electron chi connectivity index (χ3n) is 4.53. The average molecular weight is 385 g/mol.